The van der Waals surface area contributed by atoms with E-state index in [0.29, 0.717) is 13.0 Å². The Morgan fingerprint density at radius 3 is 2.88 bits per heavy atom. The molecule has 7 unspecified atom stereocenters. The predicted molar refractivity (Wildman–Crippen MR) is 126 cm³/mol. The van der Waals surface area contributed by atoms with E-state index in [2.05, 4.69) is 46.0 Å². The summed E-state index contributed by atoms with van der Waals surface area (Å²) in [5.41, 5.74) is 9.79. The third kappa shape index (κ3) is 5.31. The van der Waals surface area contributed by atoms with Gasteiger partial charge >= 0.3 is 0 Å². The number of piperidine rings is 1. The summed E-state index contributed by atoms with van der Waals surface area (Å²) in [7, 11) is 2.07. The van der Waals surface area contributed by atoms with E-state index in [4.69, 9.17) is 10.5 Å². The van der Waals surface area contributed by atoms with E-state index in [9.17, 15) is 10.1 Å². The van der Waals surface area contributed by atoms with Crippen molar-refractivity contribution in [2.45, 2.75) is 63.1 Å². The van der Waals surface area contributed by atoms with Crippen LogP contribution in [0.25, 0.3) is 0 Å². The van der Waals surface area contributed by atoms with Crippen molar-refractivity contribution < 1.29 is 9.53 Å². The molecule has 180 valence electrons. The van der Waals surface area contributed by atoms with Crippen molar-refractivity contribution in [3.63, 3.8) is 0 Å². The summed E-state index contributed by atoms with van der Waals surface area (Å²) >= 11 is 0. The van der Waals surface area contributed by atoms with Gasteiger partial charge in [-0.05, 0) is 32.0 Å². The summed E-state index contributed by atoms with van der Waals surface area (Å²) in [6, 6.07) is 12.1. The smallest absolute Gasteiger partial charge is 0.229 e. The lowest BCUT2D eigenvalue weighted by Crippen LogP contribution is -2.63. The molecule has 3 aliphatic heterocycles. The van der Waals surface area contributed by atoms with Crippen LogP contribution in [-0.2, 0) is 4.79 Å². The highest BCUT2D eigenvalue weighted by atomic mass is 16.5. The number of nitrogens with one attached hydrogen (secondary N) is 3. The van der Waals surface area contributed by atoms with Crippen LogP contribution in [0.3, 0.4) is 0 Å². The first-order chi connectivity index (χ1) is 16.0. The van der Waals surface area contributed by atoms with Crippen LogP contribution in [0, 0.1) is 23.2 Å². The van der Waals surface area contributed by atoms with Crippen LogP contribution in [0.1, 0.15) is 32.6 Å². The first-order valence-corrected chi connectivity index (χ1v) is 12.1. The Balaban J connectivity index is 1.46. The monoisotopic (exact) mass is 455 g/mol. The summed E-state index contributed by atoms with van der Waals surface area (Å²) in [6.45, 7) is 4.51. The van der Waals surface area contributed by atoms with Crippen molar-refractivity contribution in [2.75, 3.05) is 26.7 Å². The molecule has 9 nitrogen and oxygen atoms in total. The first kappa shape index (κ1) is 23.9. The maximum atomic E-state index is 13.5. The highest BCUT2D eigenvalue weighted by Gasteiger charge is 2.51. The van der Waals surface area contributed by atoms with Gasteiger partial charge in [0.2, 0.25) is 5.91 Å². The zero-order chi connectivity index (χ0) is 23.4. The van der Waals surface area contributed by atoms with Crippen LogP contribution < -0.4 is 26.5 Å². The van der Waals surface area contributed by atoms with Crippen molar-refractivity contribution in [3.8, 4) is 11.8 Å². The van der Waals surface area contributed by atoms with E-state index in [0.717, 1.165) is 38.1 Å². The molecule has 1 aromatic carbocycles. The lowest BCUT2D eigenvalue weighted by Gasteiger charge is -2.43. The van der Waals surface area contributed by atoms with Crippen LogP contribution in [-0.4, -0.2) is 73.0 Å². The second-order valence-corrected chi connectivity index (χ2v) is 9.55. The van der Waals surface area contributed by atoms with Gasteiger partial charge in [-0.2, -0.15) is 5.26 Å². The van der Waals surface area contributed by atoms with Gasteiger partial charge in [0.1, 0.15) is 11.9 Å². The Labute approximate surface area is 196 Å². The van der Waals surface area contributed by atoms with Gasteiger partial charge in [0.05, 0.1) is 30.4 Å². The molecule has 3 heterocycles. The molecule has 4 rings (SSSR count). The van der Waals surface area contributed by atoms with Crippen LogP contribution >= 0.6 is 0 Å². The molecule has 3 fully saturated rings. The average Bonchev–Trinajstić information content (AvgIpc) is 3.14. The van der Waals surface area contributed by atoms with E-state index in [1.165, 1.54) is 0 Å². The number of hydrogen-bond acceptors (Lipinski definition) is 8. The number of benzene rings is 1. The third-order valence-electron chi connectivity index (χ3n) is 7.17. The van der Waals surface area contributed by atoms with Gasteiger partial charge in [0.25, 0.3) is 0 Å². The second-order valence-electron chi connectivity index (χ2n) is 9.55. The Kier molecular flexibility index (Phi) is 7.83. The number of likely N-dealkylation sites (N-methyl/N-ethyl adjacent to an activating group) is 1. The SMILES string of the molecule is CCCC1C(CC#N)CNC2C(C(=O)NC3CN(C)CCC3Oc3ccccc3)C(N)NN12. The molecule has 0 bridgehead atoms. The number of hydrazine groups is 1. The summed E-state index contributed by atoms with van der Waals surface area (Å²) < 4.78 is 6.26. The molecule has 33 heavy (non-hydrogen) atoms. The van der Waals surface area contributed by atoms with Gasteiger partial charge in [-0.25, -0.2) is 10.4 Å². The largest absolute Gasteiger partial charge is 0.488 e. The van der Waals surface area contributed by atoms with Gasteiger partial charge in [-0.3, -0.25) is 10.1 Å². The van der Waals surface area contributed by atoms with Gasteiger partial charge in [0, 0.05) is 38.0 Å². The molecule has 9 heteroatoms. The van der Waals surface area contributed by atoms with E-state index in [1.54, 1.807) is 0 Å². The number of hydrogen-bond donors (Lipinski definition) is 4. The zero-order valence-corrected chi connectivity index (χ0v) is 19.6. The first-order valence-electron chi connectivity index (χ1n) is 12.1. The van der Waals surface area contributed by atoms with Crippen LogP contribution in [0.15, 0.2) is 30.3 Å². The number of fused-ring (bicyclic) bond motifs is 1. The van der Waals surface area contributed by atoms with E-state index < -0.39 is 12.1 Å². The van der Waals surface area contributed by atoms with Crippen molar-refractivity contribution in [1.82, 2.24) is 26.0 Å². The Morgan fingerprint density at radius 2 is 2.15 bits per heavy atom. The molecule has 0 radical (unpaired) electrons. The number of carbonyl (C=O) groups excluding carboxylic acids is 1. The molecular formula is C24H37N7O2. The third-order valence-corrected chi connectivity index (χ3v) is 7.17. The Bertz CT molecular complexity index is 832. The van der Waals surface area contributed by atoms with Gasteiger partial charge in [0.15, 0.2) is 0 Å². The molecule has 7 atom stereocenters. The highest BCUT2D eigenvalue weighted by molar-refractivity contribution is 5.81. The maximum Gasteiger partial charge on any atom is 0.229 e. The van der Waals surface area contributed by atoms with Gasteiger partial charge in [-0.1, -0.05) is 31.5 Å². The minimum atomic E-state index is -0.488. The van der Waals surface area contributed by atoms with Gasteiger partial charge < -0.3 is 20.7 Å². The fraction of sp³-hybridized carbons (Fsp3) is 0.667. The minimum absolute atomic E-state index is 0.0639. The molecule has 1 aromatic rings. The molecule has 0 saturated carbocycles. The number of nitrogens with two attached hydrogens (primary N) is 1. The average molecular weight is 456 g/mol. The van der Waals surface area contributed by atoms with E-state index in [-0.39, 0.29) is 36.2 Å². The standard InChI is InChI=1S/C24H37N7O2/c1-3-7-19-16(10-12-25)14-27-23-21(22(26)29-31(19)23)24(32)28-18-15-30(2)13-11-20(18)33-17-8-5-4-6-9-17/h4-6,8-9,16,18-23,27,29H,3,7,10-11,13-15,26H2,1-2H3,(H,28,32). The number of rotatable bonds is 7. The second kappa shape index (κ2) is 10.8. The van der Waals surface area contributed by atoms with Crippen LogP contribution in [0.5, 0.6) is 5.75 Å². The maximum absolute atomic E-state index is 13.5. The molecule has 0 aromatic heterocycles. The fourth-order valence-electron chi connectivity index (χ4n) is 5.49. The van der Waals surface area contributed by atoms with Crippen molar-refractivity contribution >= 4 is 5.91 Å². The number of nitriles is 1. The number of amides is 1. The lowest BCUT2D eigenvalue weighted by atomic mass is 9.88. The van der Waals surface area contributed by atoms with E-state index >= 15 is 0 Å². The quantitative estimate of drug-likeness (QED) is 0.472. The number of nitrogens with zero attached hydrogens (tertiary/aromatic N) is 3. The highest BCUT2D eigenvalue weighted by Crippen LogP contribution is 2.31. The van der Waals surface area contributed by atoms with E-state index in [1.807, 2.05) is 30.3 Å². The number of likely N-dealkylation sites (tertiary alicyclic amines) is 1. The summed E-state index contributed by atoms with van der Waals surface area (Å²) in [5.74, 6) is 0.530. The molecule has 3 saturated heterocycles. The predicted octanol–water partition coefficient (Wildman–Crippen LogP) is 0.603. The molecule has 5 N–H and O–H groups in total. The Morgan fingerprint density at radius 1 is 1.36 bits per heavy atom. The van der Waals surface area contributed by atoms with Crippen molar-refractivity contribution in [1.29, 1.82) is 5.26 Å². The summed E-state index contributed by atoms with van der Waals surface area (Å²) in [6.07, 6.45) is 2.52. The Hall–Kier alpha value is -2.22. The van der Waals surface area contributed by atoms with Crippen molar-refractivity contribution in [2.24, 2.45) is 17.6 Å². The molecule has 0 aliphatic carbocycles. The summed E-state index contributed by atoms with van der Waals surface area (Å²) in [5, 5.41) is 18.1. The normalized spacial score (nSPS) is 34.9. The number of para-hydroxylation sites is 1. The van der Waals surface area contributed by atoms with Crippen molar-refractivity contribution in [3.05, 3.63) is 30.3 Å². The fourth-order valence-corrected chi connectivity index (χ4v) is 5.49. The summed E-state index contributed by atoms with van der Waals surface area (Å²) in [4.78, 5) is 15.8. The zero-order valence-electron chi connectivity index (χ0n) is 19.6. The molecule has 0 spiro atoms. The minimum Gasteiger partial charge on any atom is -0.488 e. The molecular weight excluding hydrogens is 418 g/mol. The van der Waals surface area contributed by atoms with Gasteiger partial charge in [-0.15, -0.1) is 0 Å². The molecule has 3 aliphatic rings. The number of carbonyl (C=O) groups is 1. The number of ether oxygens (including phenoxy) is 1. The lowest BCUT2D eigenvalue weighted by molar-refractivity contribution is -0.129. The van der Waals surface area contributed by atoms with Crippen LogP contribution in [0.2, 0.25) is 0 Å². The van der Waals surface area contributed by atoms with Crippen LogP contribution in [0.4, 0.5) is 0 Å². The topological polar surface area (TPSA) is 119 Å². The molecule has 1 amide bonds.